The van der Waals surface area contributed by atoms with Gasteiger partial charge in [-0.3, -0.25) is 4.79 Å². The number of aromatic nitrogens is 1. The van der Waals surface area contributed by atoms with E-state index in [4.69, 9.17) is 4.74 Å². The van der Waals surface area contributed by atoms with Crippen molar-refractivity contribution >= 4 is 17.6 Å². The molecule has 1 aromatic heterocycles. The van der Waals surface area contributed by atoms with Gasteiger partial charge < -0.3 is 14.6 Å². The third kappa shape index (κ3) is 5.20. The first kappa shape index (κ1) is 22.3. The minimum Gasteiger partial charge on any atom is -0.462 e. The smallest absolute Gasteiger partial charge is 0.339 e. The standard InChI is InChI=1S/C25H27FN2O3/c1-5-31-25(30)22-15-23(19-7-9-20(26)10-8-19)28(18(22)4)13-12-24(29)27-21-11-6-16(2)17(3)14-21/h6-11,14-15H,5,12-13H2,1-4H3,(H,27,29). The van der Waals surface area contributed by atoms with Gasteiger partial charge in [0, 0.05) is 30.0 Å². The Labute approximate surface area is 181 Å². The normalized spacial score (nSPS) is 10.7. The van der Waals surface area contributed by atoms with Crippen molar-refractivity contribution in [3.05, 3.63) is 76.7 Å². The van der Waals surface area contributed by atoms with Crippen molar-refractivity contribution in [3.63, 3.8) is 0 Å². The molecule has 162 valence electrons. The molecule has 0 fully saturated rings. The van der Waals surface area contributed by atoms with E-state index in [-0.39, 0.29) is 24.8 Å². The number of carbonyl (C=O) groups is 2. The van der Waals surface area contributed by atoms with Crippen LogP contribution in [0, 0.1) is 26.6 Å². The summed E-state index contributed by atoms with van der Waals surface area (Å²) < 4.78 is 20.5. The highest BCUT2D eigenvalue weighted by Crippen LogP contribution is 2.27. The minimum absolute atomic E-state index is 0.126. The van der Waals surface area contributed by atoms with Crippen molar-refractivity contribution in [2.45, 2.75) is 40.7 Å². The zero-order valence-corrected chi connectivity index (χ0v) is 18.3. The number of halogens is 1. The van der Waals surface area contributed by atoms with Gasteiger partial charge >= 0.3 is 5.97 Å². The highest BCUT2D eigenvalue weighted by Gasteiger charge is 2.20. The second-order valence-electron chi connectivity index (χ2n) is 7.50. The van der Waals surface area contributed by atoms with Gasteiger partial charge in [0.15, 0.2) is 0 Å². The first-order valence-electron chi connectivity index (χ1n) is 10.3. The zero-order valence-electron chi connectivity index (χ0n) is 18.3. The number of hydrogen-bond donors (Lipinski definition) is 1. The van der Waals surface area contributed by atoms with Crippen molar-refractivity contribution in [3.8, 4) is 11.3 Å². The maximum Gasteiger partial charge on any atom is 0.339 e. The highest BCUT2D eigenvalue weighted by atomic mass is 19.1. The molecule has 0 spiro atoms. The molecule has 0 atom stereocenters. The number of nitrogens with zero attached hydrogens (tertiary/aromatic N) is 1. The van der Waals surface area contributed by atoms with Crippen LogP contribution in [0.5, 0.6) is 0 Å². The van der Waals surface area contributed by atoms with Crippen molar-refractivity contribution in [2.75, 3.05) is 11.9 Å². The number of hydrogen-bond acceptors (Lipinski definition) is 3. The molecule has 3 aromatic rings. The van der Waals surface area contributed by atoms with Crippen LogP contribution in [0.15, 0.2) is 48.5 Å². The van der Waals surface area contributed by atoms with Crippen LogP contribution in [-0.4, -0.2) is 23.1 Å². The minimum atomic E-state index is -0.415. The summed E-state index contributed by atoms with van der Waals surface area (Å²) in [6.45, 7) is 8.24. The Morgan fingerprint density at radius 1 is 1.00 bits per heavy atom. The third-order valence-corrected chi connectivity index (χ3v) is 5.35. The SMILES string of the molecule is CCOC(=O)c1cc(-c2ccc(F)cc2)n(CCC(=O)Nc2ccc(C)c(C)c2)c1C. The van der Waals surface area contributed by atoms with Crippen LogP contribution in [-0.2, 0) is 16.1 Å². The van der Waals surface area contributed by atoms with Gasteiger partial charge in [-0.2, -0.15) is 0 Å². The molecule has 0 bridgehead atoms. The molecule has 0 saturated carbocycles. The van der Waals surface area contributed by atoms with Crippen molar-refractivity contribution < 1.29 is 18.7 Å². The monoisotopic (exact) mass is 422 g/mol. The lowest BCUT2D eigenvalue weighted by atomic mass is 10.1. The number of ether oxygens (including phenoxy) is 1. The number of amides is 1. The van der Waals surface area contributed by atoms with Crippen LogP contribution in [0.2, 0.25) is 0 Å². The number of carbonyl (C=O) groups excluding carboxylic acids is 2. The molecule has 0 aliphatic rings. The highest BCUT2D eigenvalue weighted by molar-refractivity contribution is 5.93. The van der Waals surface area contributed by atoms with Crippen molar-refractivity contribution in [2.24, 2.45) is 0 Å². The lowest BCUT2D eigenvalue weighted by Crippen LogP contribution is -2.16. The van der Waals surface area contributed by atoms with E-state index < -0.39 is 5.97 Å². The van der Waals surface area contributed by atoms with E-state index in [9.17, 15) is 14.0 Å². The van der Waals surface area contributed by atoms with Crippen LogP contribution in [0.3, 0.4) is 0 Å². The first-order valence-corrected chi connectivity index (χ1v) is 10.3. The van der Waals surface area contributed by atoms with E-state index in [1.165, 1.54) is 12.1 Å². The Bertz CT molecular complexity index is 1100. The fourth-order valence-electron chi connectivity index (χ4n) is 3.46. The Morgan fingerprint density at radius 2 is 1.71 bits per heavy atom. The van der Waals surface area contributed by atoms with Crippen LogP contribution in [0.1, 0.15) is 40.5 Å². The molecule has 3 rings (SSSR count). The Balaban J connectivity index is 1.84. The molecule has 1 heterocycles. The third-order valence-electron chi connectivity index (χ3n) is 5.35. The number of benzene rings is 2. The zero-order chi connectivity index (χ0) is 22.5. The number of rotatable bonds is 7. The summed E-state index contributed by atoms with van der Waals surface area (Å²) in [6, 6.07) is 13.6. The van der Waals surface area contributed by atoms with Gasteiger partial charge in [0.25, 0.3) is 0 Å². The predicted molar refractivity (Wildman–Crippen MR) is 120 cm³/mol. The van der Waals surface area contributed by atoms with E-state index >= 15 is 0 Å². The van der Waals surface area contributed by atoms with Crippen molar-refractivity contribution in [1.82, 2.24) is 4.57 Å². The van der Waals surface area contributed by atoms with Crippen LogP contribution < -0.4 is 5.32 Å². The fraction of sp³-hybridized carbons (Fsp3) is 0.280. The van der Waals surface area contributed by atoms with Gasteiger partial charge in [-0.1, -0.05) is 6.07 Å². The average molecular weight is 423 g/mol. The van der Waals surface area contributed by atoms with E-state index in [0.29, 0.717) is 17.8 Å². The maximum absolute atomic E-state index is 13.4. The quantitative estimate of drug-likeness (QED) is 0.517. The topological polar surface area (TPSA) is 60.3 Å². The van der Waals surface area contributed by atoms with Gasteiger partial charge in [-0.25, -0.2) is 9.18 Å². The molecular weight excluding hydrogens is 395 g/mol. The van der Waals surface area contributed by atoms with Gasteiger partial charge in [0.1, 0.15) is 5.82 Å². The predicted octanol–water partition coefficient (Wildman–Crippen LogP) is 5.42. The van der Waals surface area contributed by atoms with Crippen LogP contribution in [0.25, 0.3) is 11.3 Å². The number of anilines is 1. The van der Waals surface area contributed by atoms with E-state index in [1.807, 2.05) is 43.5 Å². The van der Waals surface area contributed by atoms with E-state index in [0.717, 1.165) is 28.1 Å². The summed E-state index contributed by atoms with van der Waals surface area (Å²) in [4.78, 5) is 24.9. The van der Waals surface area contributed by atoms with Crippen molar-refractivity contribution in [1.29, 1.82) is 0 Å². The summed E-state index contributed by atoms with van der Waals surface area (Å²) >= 11 is 0. The second kappa shape index (κ2) is 9.60. The van der Waals surface area contributed by atoms with Gasteiger partial charge in [-0.15, -0.1) is 0 Å². The molecule has 31 heavy (non-hydrogen) atoms. The number of esters is 1. The van der Waals surface area contributed by atoms with Crippen LogP contribution >= 0.6 is 0 Å². The Morgan fingerprint density at radius 3 is 2.35 bits per heavy atom. The summed E-state index contributed by atoms with van der Waals surface area (Å²) in [5, 5.41) is 2.92. The summed E-state index contributed by atoms with van der Waals surface area (Å²) in [7, 11) is 0. The number of aryl methyl sites for hydroxylation is 2. The first-order chi connectivity index (χ1) is 14.8. The fourth-order valence-corrected chi connectivity index (χ4v) is 3.46. The summed E-state index contributed by atoms with van der Waals surface area (Å²) in [5.41, 5.74) is 5.66. The van der Waals surface area contributed by atoms with Gasteiger partial charge in [-0.05, 0) is 86.8 Å². The second-order valence-corrected chi connectivity index (χ2v) is 7.50. The Hall–Kier alpha value is -3.41. The largest absolute Gasteiger partial charge is 0.462 e. The van der Waals surface area contributed by atoms with Gasteiger partial charge in [0.05, 0.1) is 12.2 Å². The molecule has 0 aliphatic heterocycles. The van der Waals surface area contributed by atoms with Gasteiger partial charge in [0.2, 0.25) is 5.91 Å². The molecule has 1 amide bonds. The summed E-state index contributed by atoms with van der Waals surface area (Å²) in [5.74, 6) is -0.877. The molecule has 2 aromatic carbocycles. The maximum atomic E-state index is 13.4. The Kier molecular flexibility index (Phi) is 6.90. The van der Waals surface area contributed by atoms with E-state index in [2.05, 4.69) is 5.32 Å². The molecule has 1 N–H and O–H groups in total. The molecule has 0 unspecified atom stereocenters. The van der Waals surface area contributed by atoms with E-state index in [1.54, 1.807) is 25.1 Å². The molecule has 0 aliphatic carbocycles. The lowest BCUT2D eigenvalue weighted by molar-refractivity contribution is -0.116. The average Bonchev–Trinajstić information content (AvgIpc) is 3.06. The summed E-state index contributed by atoms with van der Waals surface area (Å²) in [6.07, 6.45) is 0.221. The molecule has 0 saturated heterocycles. The lowest BCUT2D eigenvalue weighted by Gasteiger charge is -2.13. The molecular formula is C25H27FN2O3. The number of nitrogens with one attached hydrogen (secondary N) is 1. The van der Waals surface area contributed by atoms with Crippen LogP contribution in [0.4, 0.5) is 10.1 Å². The molecule has 6 heteroatoms. The molecule has 0 radical (unpaired) electrons. The molecule has 5 nitrogen and oxygen atoms in total.